The predicted molar refractivity (Wildman–Crippen MR) is 102 cm³/mol. The molecule has 1 aromatic heterocycles. The van der Waals surface area contributed by atoms with Crippen LogP contribution in [0.4, 0.5) is 5.69 Å². The highest BCUT2D eigenvalue weighted by atomic mass is 79.9. The van der Waals surface area contributed by atoms with Crippen molar-refractivity contribution in [3.63, 3.8) is 0 Å². The van der Waals surface area contributed by atoms with Crippen molar-refractivity contribution in [3.05, 3.63) is 70.0 Å². The Balaban J connectivity index is 1.51. The molecule has 0 atom stereocenters. The van der Waals surface area contributed by atoms with Crippen molar-refractivity contribution in [1.29, 1.82) is 0 Å². The molecule has 5 nitrogen and oxygen atoms in total. The van der Waals surface area contributed by atoms with E-state index >= 15 is 0 Å². The number of thioether (sulfide) groups is 1. The molecular formula is C18H16BrN3O2S. The highest BCUT2D eigenvalue weighted by Gasteiger charge is 2.11. The van der Waals surface area contributed by atoms with Gasteiger partial charge in [0.25, 0.3) is 5.22 Å². The number of anilines is 1. The molecule has 0 spiro atoms. The SMILES string of the molecule is Cc1cc(NC(=O)CSc2nnc(Cc3ccccc3)o2)ccc1Br. The number of halogens is 1. The third kappa shape index (κ3) is 5.17. The summed E-state index contributed by atoms with van der Waals surface area (Å²) in [6, 6.07) is 15.6. The maximum Gasteiger partial charge on any atom is 0.277 e. The molecule has 0 aliphatic carbocycles. The molecule has 3 rings (SSSR count). The van der Waals surface area contributed by atoms with Crippen molar-refractivity contribution in [2.24, 2.45) is 0 Å². The minimum absolute atomic E-state index is 0.116. The summed E-state index contributed by atoms with van der Waals surface area (Å²) >= 11 is 4.66. The Labute approximate surface area is 158 Å². The van der Waals surface area contributed by atoms with E-state index in [0.29, 0.717) is 17.5 Å². The average molecular weight is 418 g/mol. The first-order valence-electron chi connectivity index (χ1n) is 7.65. The standard InChI is InChI=1S/C18H16BrN3O2S/c1-12-9-14(7-8-15(12)19)20-16(23)11-25-18-22-21-17(24-18)10-13-5-3-2-4-6-13/h2-9H,10-11H2,1H3,(H,20,23). The van der Waals surface area contributed by atoms with Crippen LogP contribution < -0.4 is 5.32 Å². The molecule has 0 fully saturated rings. The van der Waals surface area contributed by atoms with Crippen LogP contribution in [0.25, 0.3) is 0 Å². The first kappa shape index (κ1) is 17.7. The fraction of sp³-hybridized carbons (Fsp3) is 0.167. The predicted octanol–water partition coefficient (Wildman–Crippen LogP) is 4.46. The minimum atomic E-state index is -0.116. The molecule has 25 heavy (non-hydrogen) atoms. The van der Waals surface area contributed by atoms with Gasteiger partial charge >= 0.3 is 0 Å². The van der Waals surface area contributed by atoms with Gasteiger partial charge in [0.05, 0.1) is 12.2 Å². The number of carbonyl (C=O) groups excluding carboxylic acids is 1. The van der Waals surface area contributed by atoms with E-state index in [9.17, 15) is 4.79 Å². The Morgan fingerprint density at radius 3 is 2.76 bits per heavy atom. The first-order valence-corrected chi connectivity index (χ1v) is 9.43. The molecule has 1 N–H and O–H groups in total. The van der Waals surface area contributed by atoms with Gasteiger partial charge in [-0.2, -0.15) is 0 Å². The van der Waals surface area contributed by atoms with Gasteiger partial charge in [-0.3, -0.25) is 4.79 Å². The lowest BCUT2D eigenvalue weighted by Crippen LogP contribution is -2.14. The van der Waals surface area contributed by atoms with Gasteiger partial charge in [0.2, 0.25) is 11.8 Å². The second-order valence-corrected chi connectivity index (χ2v) is 7.21. The summed E-state index contributed by atoms with van der Waals surface area (Å²) in [5, 5.41) is 11.3. The van der Waals surface area contributed by atoms with E-state index in [1.807, 2.05) is 55.5 Å². The van der Waals surface area contributed by atoms with Crippen LogP contribution in [-0.2, 0) is 11.2 Å². The maximum atomic E-state index is 12.0. The molecule has 2 aromatic carbocycles. The molecular weight excluding hydrogens is 402 g/mol. The van der Waals surface area contributed by atoms with Crippen LogP contribution in [0.3, 0.4) is 0 Å². The number of carbonyl (C=O) groups is 1. The van der Waals surface area contributed by atoms with Gasteiger partial charge in [-0.15, -0.1) is 10.2 Å². The van der Waals surface area contributed by atoms with Gasteiger partial charge in [-0.05, 0) is 36.2 Å². The molecule has 0 radical (unpaired) electrons. The number of aryl methyl sites for hydroxylation is 1. The molecule has 0 unspecified atom stereocenters. The highest BCUT2D eigenvalue weighted by molar-refractivity contribution is 9.10. The second kappa shape index (κ2) is 8.31. The summed E-state index contributed by atoms with van der Waals surface area (Å²) in [7, 11) is 0. The van der Waals surface area contributed by atoms with Crippen LogP contribution in [-0.4, -0.2) is 21.9 Å². The lowest BCUT2D eigenvalue weighted by molar-refractivity contribution is -0.113. The smallest absolute Gasteiger partial charge is 0.277 e. The number of nitrogens with zero attached hydrogens (tertiary/aromatic N) is 2. The van der Waals surface area contributed by atoms with E-state index < -0.39 is 0 Å². The van der Waals surface area contributed by atoms with Crippen molar-refractivity contribution in [2.75, 3.05) is 11.1 Å². The Kier molecular flexibility index (Phi) is 5.88. The Morgan fingerprint density at radius 2 is 2.00 bits per heavy atom. The monoisotopic (exact) mass is 417 g/mol. The van der Waals surface area contributed by atoms with E-state index in [2.05, 4.69) is 31.4 Å². The van der Waals surface area contributed by atoms with Gasteiger partial charge in [-0.25, -0.2) is 0 Å². The zero-order chi connectivity index (χ0) is 17.6. The quantitative estimate of drug-likeness (QED) is 0.599. The van der Waals surface area contributed by atoms with E-state index in [-0.39, 0.29) is 11.7 Å². The van der Waals surface area contributed by atoms with Gasteiger partial charge < -0.3 is 9.73 Å². The highest BCUT2D eigenvalue weighted by Crippen LogP contribution is 2.21. The van der Waals surface area contributed by atoms with Crippen LogP contribution in [0.15, 0.2) is 62.6 Å². The van der Waals surface area contributed by atoms with Crippen molar-refractivity contribution >= 4 is 39.3 Å². The lowest BCUT2D eigenvalue weighted by Gasteiger charge is -2.06. The Hall–Kier alpha value is -2.12. The van der Waals surface area contributed by atoms with Crippen molar-refractivity contribution in [1.82, 2.24) is 10.2 Å². The van der Waals surface area contributed by atoms with E-state index in [0.717, 1.165) is 21.3 Å². The van der Waals surface area contributed by atoms with Crippen molar-refractivity contribution < 1.29 is 9.21 Å². The van der Waals surface area contributed by atoms with Gasteiger partial charge in [0.15, 0.2) is 0 Å². The summed E-state index contributed by atoms with van der Waals surface area (Å²) in [5.74, 6) is 0.634. The number of aromatic nitrogens is 2. The number of amides is 1. The Bertz CT molecular complexity index is 868. The Morgan fingerprint density at radius 1 is 1.20 bits per heavy atom. The number of nitrogens with one attached hydrogen (secondary N) is 1. The topological polar surface area (TPSA) is 68.0 Å². The summed E-state index contributed by atoms with van der Waals surface area (Å²) < 4.78 is 6.59. The largest absolute Gasteiger partial charge is 0.416 e. The molecule has 128 valence electrons. The number of benzene rings is 2. The van der Waals surface area contributed by atoms with Gasteiger partial charge in [0, 0.05) is 10.2 Å². The van der Waals surface area contributed by atoms with Crippen molar-refractivity contribution in [2.45, 2.75) is 18.6 Å². The van der Waals surface area contributed by atoms with Crippen LogP contribution in [0.1, 0.15) is 17.0 Å². The average Bonchev–Trinajstić information content (AvgIpc) is 3.05. The van der Waals surface area contributed by atoms with Gasteiger partial charge in [0.1, 0.15) is 0 Å². The number of rotatable bonds is 6. The van der Waals surface area contributed by atoms with Crippen LogP contribution in [0, 0.1) is 6.92 Å². The molecule has 1 amide bonds. The molecule has 1 heterocycles. The lowest BCUT2D eigenvalue weighted by atomic mass is 10.2. The molecule has 3 aromatic rings. The van der Waals surface area contributed by atoms with E-state index in [4.69, 9.17) is 4.42 Å². The van der Waals surface area contributed by atoms with Crippen LogP contribution in [0.5, 0.6) is 0 Å². The summed E-state index contributed by atoms with van der Waals surface area (Å²) in [6.45, 7) is 1.97. The van der Waals surface area contributed by atoms with E-state index in [1.165, 1.54) is 11.8 Å². The van der Waals surface area contributed by atoms with Crippen molar-refractivity contribution in [3.8, 4) is 0 Å². The molecule has 0 bridgehead atoms. The molecule has 0 saturated heterocycles. The van der Waals surface area contributed by atoms with Crippen LogP contribution in [0.2, 0.25) is 0 Å². The molecule has 0 saturated carbocycles. The summed E-state index contributed by atoms with van der Waals surface area (Å²) in [4.78, 5) is 12.0. The van der Waals surface area contributed by atoms with Gasteiger partial charge in [-0.1, -0.05) is 58.0 Å². The minimum Gasteiger partial charge on any atom is -0.416 e. The third-order valence-electron chi connectivity index (χ3n) is 3.41. The third-order valence-corrected chi connectivity index (χ3v) is 5.12. The number of hydrogen-bond donors (Lipinski definition) is 1. The zero-order valence-electron chi connectivity index (χ0n) is 13.5. The van der Waals surface area contributed by atoms with E-state index in [1.54, 1.807) is 0 Å². The maximum absolute atomic E-state index is 12.0. The summed E-state index contributed by atoms with van der Waals surface area (Å²) in [5.41, 5.74) is 2.93. The van der Waals surface area contributed by atoms with Crippen LogP contribution >= 0.6 is 27.7 Å². The fourth-order valence-corrected chi connectivity index (χ4v) is 3.01. The molecule has 0 aliphatic rings. The zero-order valence-corrected chi connectivity index (χ0v) is 15.9. The fourth-order valence-electron chi connectivity index (χ4n) is 2.19. The molecule has 7 heteroatoms. The number of hydrogen-bond acceptors (Lipinski definition) is 5. The molecule has 0 aliphatic heterocycles. The second-order valence-electron chi connectivity index (χ2n) is 5.42. The first-order chi connectivity index (χ1) is 12.1. The normalized spacial score (nSPS) is 10.6. The summed E-state index contributed by atoms with van der Waals surface area (Å²) in [6.07, 6.45) is 0.582.